The van der Waals surface area contributed by atoms with Crippen molar-refractivity contribution in [1.82, 2.24) is 14.5 Å². The van der Waals surface area contributed by atoms with Crippen LogP contribution in [0.5, 0.6) is 5.75 Å². The maximum atomic E-state index is 13.9. The second-order valence-electron chi connectivity index (χ2n) is 15.3. The number of carboxylic acid groups (broad SMARTS) is 1. The van der Waals surface area contributed by atoms with Gasteiger partial charge in [-0.25, -0.2) is 19.4 Å². The summed E-state index contributed by atoms with van der Waals surface area (Å²) in [4.78, 5) is 59.4. The first-order valence-corrected chi connectivity index (χ1v) is 20.2. The first-order valence-electron chi connectivity index (χ1n) is 19.4. The number of nitrogens with zero attached hydrogens (tertiary/aromatic N) is 3. The van der Waals surface area contributed by atoms with E-state index in [0.717, 1.165) is 21.4 Å². The number of nitrogens with two attached hydrogens (primary N) is 1. The first kappa shape index (κ1) is 40.4. The van der Waals surface area contributed by atoms with Gasteiger partial charge >= 0.3 is 18.0 Å². The number of aliphatic carboxylic acids is 1. The molecule has 16 nitrogen and oxygen atoms in total. The van der Waals surface area contributed by atoms with Gasteiger partial charge in [-0.05, 0) is 56.5 Å². The third-order valence-electron chi connectivity index (χ3n) is 11.4. The molecule has 0 bridgehead atoms. The first-order chi connectivity index (χ1) is 28.2. The summed E-state index contributed by atoms with van der Waals surface area (Å²) in [5, 5.41) is 43.1. The quantitative estimate of drug-likeness (QED) is 0.117. The molecule has 0 saturated carbocycles. The third-order valence-corrected chi connectivity index (χ3v) is 12.7. The van der Waals surface area contributed by atoms with Crippen LogP contribution in [-0.4, -0.2) is 90.1 Å². The number of aliphatic hydroxyl groups is 3. The number of carbonyl (C=O) groups is 3. The number of pyridine rings is 2. The monoisotopic (exact) mass is 828 g/mol. The van der Waals surface area contributed by atoms with Crippen LogP contribution < -0.4 is 16.0 Å². The average molecular weight is 829 g/mol. The molecule has 0 unspecified atom stereocenters. The number of para-hydroxylation sites is 1. The molecular formula is C42H44N4O12S. The average Bonchev–Trinajstić information content (AvgIpc) is 3.83. The van der Waals surface area contributed by atoms with Crippen LogP contribution in [0.3, 0.4) is 0 Å². The van der Waals surface area contributed by atoms with Crippen molar-refractivity contribution in [3.05, 3.63) is 91.6 Å². The lowest BCUT2D eigenvalue weighted by Gasteiger charge is -2.35. The number of rotatable bonds is 11. The number of fused-ring (bicyclic) bond motifs is 6. The number of benzene rings is 2. The Bertz CT molecular complexity index is 2570. The standard InChI is InChI=1S/C42H44N4O12S/c1-4-42(54)28-14-30-34-26(17-46(30)37(49)27(28)19-55-40(42)52)23(24-7-5-6-8-29(24)44-34)11-12-45(20(2)3)41(53)56-18-21-9-10-32(25-13-22(16-43)59-36(21)25)57-39-35(48)31(47)15-33(58-39)38(50)51/h5-10,13-14,20,31,33,35,39,47-48,54H,4,11-12,15-19,43H2,1-3H3,(H,50,51)/t31-,33-,35+,39+,42+/m0/s1. The van der Waals surface area contributed by atoms with Crippen molar-refractivity contribution in [2.45, 2.75) is 103 Å². The van der Waals surface area contributed by atoms with Crippen molar-refractivity contribution in [3.63, 3.8) is 0 Å². The van der Waals surface area contributed by atoms with Gasteiger partial charge in [0.05, 0.1) is 35.1 Å². The Kier molecular flexibility index (Phi) is 10.7. The summed E-state index contributed by atoms with van der Waals surface area (Å²) in [5.74, 6) is -1.82. The number of aromatic nitrogens is 2. The second-order valence-corrected chi connectivity index (χ2v) is 16.4. The Hall–Kier alpha value is -5.43. The zero-order valence-corrected chi connectivity index (χ0v) is 33.4. The lowest BCUT2D eigenvalue weighted by Crippen LogP contribution is -2.52. The highest BCUT2D eigenvalue weighted by Crippen LogP contribution is 2.41. The van der Waals surface area contributed by atoms with E-state index in [2.05, 4.69) is 0 Å². The van der Waals surface area contributed by atoms with E-state index in [1.165, 1.54) is 11.3 Å². The normalized spacial score (nSPS) is 22.2. The lowest BCUT2D eigenvalue weighted by molar-refractivity contribution is -0.237. The highest BCUT2D eigenvalue weighted by molar-refractivity contribution is 7.19. The van der Waals surface area contributed by atoms with Gasteiger partial charge in [0.2, 0.25) is 6.29 Å². The van der Waals surface area contributed by atoms with Crippen molar-refractivity contribution in [3.8, 4) is 17.1 Å². The highest BCUT2D eigenvalue weighted by atomic mass is 32.1. The summed E-state index contributed by atoms with van der Waals surface area (Å²) >= 11 is 1.37. The molecule has 0 spiro atoms. The summed E-state index contributed by atoms with van der Waals surface area (Å²) in [6.45, 7) is 5.79. The van der Waals surface area contributed by atoms with E-state index in [4.69, 9.17) is 29.7 Å². The largest absolute Gasteiger partial charge is 0.479 e. The predicted molar refractivity (Wildman–Crippen MR) is 214 cm³/mol. The maximum Gasteiger partial charge on any atom is 0.410 e. The number of aliphatic hydroxyl groups excluding tert-OH is 2. The molecule has 59 heavy (non-hydrogen) atoms. The van der Waals surface area contributed by atoms with Gasteiger partial charge in [0, 0.05) is 62.6 Å². The van der Waals surface area contributed by atoms with E-state index in [9.17, 15) is 39.6 Å². The molecule has 0 radical (unpaired) electrons. The molecule has 3 aliphatic rings. The fourth-order valence-electron chi connectivity index (χ4n) is 8.16. The van der Waals surface area contributed by atoms with E-state index in [0.29, 0.717) is 39.0 Å². The van der Waals surface area contributed by atoms with Gasteiger partial charge in [-0.3, -0.25) is 4.79 Å². The van der Waals surface area contributed by atoms with E-state index in [-0.39, 0.29) is 74.2 Å². The van der Waals surface area contributed by atoms with Crippen molar-refractivity contribution in [2.24, 2.45) is 5.73 Å². The van der Waals surface area contributed by atoms with Crippen LogP contribution in [0.4, 0.5) is 4.79 Å². The van der Waals surface area contributed by atoms with E-state index >= 15 is 0 Å². The van der Waals surface area contributed by atoms with Crippen LogP contribution in [0.15, 0.2) is 53.3 Å². The topological polar surface area (TPSA) is 233 Å². The van der Waals surface area contributed by atoms with Crippen molar-refractivity contribution in [2.75, 3.05) is 6.54 Å². The predicted octanol–water partition coefficient (Wildman–Crippen LogP) is 3.64. The molecule has 5 aromatic rings. The van der Waals surface area contributed by atoms with Crippen LogP contribution in [0, 0.1) is 0 Å². The minimum Gasteiger partial charge on any atom is -0.479 e. The summed E-state index contributed by atoms with van der Waals surface area (Å²) < 4.78 is 24.9. The number of hydrogen-bond acceptors (Lipinski definition) is 14. The van der Waals surface area contributed by atoms with E-state index < -0.39 is 48.2 Å². The van der Waals surface area contributed by atoms with Crippen molar-refractivity contribution < 1.29 is 53.8 Å². The van der Waals surface area contributed by atoms with Gasteiger partial charge in [0.1, 0.15) is 25.1 Å². The highest BCUT2D eigenvalue weighted by Gasteiger charge is 2.46. The van der Waals surface area contributed by atoms with Crippen LogP contribution in [0.1, 0.15) is 66.3 Å². The summed E-state index contributed by atoms with van der Waals surface area (Å²) in [6.07, 6.45) is -6.09. The molecule has 5 atom stereocenters. The van der Waals surface area contributed by atoms with Gasteiger partial charge in [0.25, 0.3) is 5.56 Å². The fraction of sp³-hybridized carbons (Fsp3) is 0.405. The third kappa shape index (κ3) is 7.00. The summed E-state index contributed by atoms with van der Waals surface area (Å²) in [7, 11) is 0. The Labute approximate surface area is 341 Å². The van der Waals surface area contributed by atoms with Crippen LogP contribution in [-0.2, 0) is 62.1 Å². The number of ether oxygens (including phenoxy) is 4. The second kappa shape index (κ2) is 15.6. The zero-order chi connectivity index (χ0) is 41.9. The molecule has 1 saturated heterocycles. The number of carboxylic acids is 1. The molecule has 1 fully saturated rings. The molecule has 0 aliphatic carbocycles. The molecular weight excluding hydrogens is 785 g/mol. The molecule has 1 amide bonds. The Balaban J connectivity index is 1.04. The Morgan fingerprint density at radius 2 is 1.90 bits per heavy atom. The minimum absolute atomic E-state index is 0.0297. The van der Waals surface area contributed by atoms with E-state index in [1.807, 2.05) is 38.1 Å². The van der Waals surface area contributed by atoms with Crippen LogP contribution in [0.2, 0.25) is 0 Å². The number of thiophene rings is 1. The number of carbonyl (C=O) groups excluding carboxylic acids is 2. The van der Waals surface area contributed by atoms with Gasteiger partial charge in [-0.2, -0.15) is 0 Å². The zero-order valence-electron chi connectivity index (χ0n) is 32.5. The molecule has 3 aromatic heterocycles. The molecule has 17 heteroatoms. The summed E-state index contributed by atoms with van der Waals surface area (Å²) in [5.41, 5.74) is 8.27. The SMILES string of the molecule is CC[C@]1(O)C(=O)OCc2c1cc1n(c2=O)Cc2c-1nc1ccccc1c2CCN(C(=O)OCc1ccc(O[C@@H]2O[C@H](C(=O)O)C[C@H](O)[C@H]2O)c2cc(CN)sc12)C(C)C. The smallest absolute Gasteiger partial charge is 0.410 e. The molecule has 2 aromatic carbocycles. The van der Waals surface area contributed by atoms with Gasteiger partial charge in [0.15, 0.2) is 11.7 Å². The Morgan fingerprint density at radius 3 is 2.63 bits per heavy atom. The molecule has 310 valence electrons. The van der Waals surface area contributed by atoms with E-state index in [1.54, 1.807) is 40.7 Å². The number of esters is 1. The summed E-state index contributed by atoms with van der Waals surface area (Å²) in [6, 6.07) is 14.2. The number of hydrogen-bond donors (Lipinski definition) is 5. The number of amides is 1. The molecule has 3 aliphatic heterocycles. The van der Waals surface area contributed by atoms with Gasteiger partial charge < -0.3 is 54.6 Å². The van der Waals surface area contributed by atoms with Crippen molar-refractivity contribution >= 4 is 50.4 Å². The Morgan fingerprint density at radius 1 is 1.12 bits per heavy atom. The number of cyclic esters (lactones) is 1. The molecule has 6 N–H and O–H groups in total. The van der Waals surface area contributed by atoms with Gasteiger partial charge in [-0.15, -0.1) is 11.3 Å². The van der Waals surface area contributed by atoms with Crippen molar-refractivity contribution in [1.29, 1.82) is 0 Å². The van der Waals surface area contributed by atoms with Crippen LogP contribution in [0.25, 0.3) is 32.4 Å². The van der Waals surface area contributed by atoms with Crippen LogP contribution >= 0.6 is 11.3 Å². The lowest BCUT2D eigenvalue weighted by atomic mass is 9.86. The maximum absolute atomic E-state index is 13.9. The minimum atomic E-state index is -1.95. The molecule has 8 rings (SSSR count). The van der Waals surface area contributed by atoms with Gasteiger partial charge in [-0.1, -0.05) is 31.2 Å². The molecule has 6 heterocycles. The fourth-order valence-corrected chi connectivity index (χ4v) is 9.21.